The van der Waals surface area contributed by atoms with Gasteiger partial charge in [-0.3, -0.25) is 0 Å². The molecule has 7 nitrogen and oxygen atoms in total. The van der Waals surface area contributed by atoms with Crippen molar-refractivity contribution in [1.29, 1.82) is 0 Å². The maximum absolute atomic E-state index is 14.9. The van der Waals surface area contributed by atoms with Gasteiger partial charge >= 0.3 is 0 Å². The van der Waals surface area contributed by atoms with Gasteiger partial charge in [0.1, 0.15) is 13.4 Å². The molecule has 0 radical (unpaired) electrons. The molecule has 0 aromatic carbocycles. The van der Waals surface area contributed by atoms with Crippen molar-refractivity contribution in [2.24, 2.45) is 23.7 Å². The molecule has 44 heavy (non-hydrogen) atoms. The van der Waals surface area contributed by atoms with Crippen molar-refractivity contribution in [2.45, 2.75) is 88.9 Å². The summed E-state index contributed by atoms with van der Waals surface area (Å²) in [5.74, 6) is 2.36. The minimum Gasteiger partial charge on any atom is -0.390 e. The predicted octanol–water partition coefficient (Wildman–Crippen LogP) is 5.38. The topological polar surface area (TPSA) is 97.6 Å². The number of alkyl halides is 1. The summed E-state index contributed by atoms with van der Waals surface area (Å²) in [5.41, 5.74) is -1.75. The van der Waals surface area contributed by atoms with E-state index < -0.39 is 64.2 Å². The first kappa shape index (κ1) is 39.3. The van der Waals surface area contributed by atoms with Crippen molar-refractivity contribution in [3.8, 4) is 0 Å². The van der Waals surface area contributed by atoms with Crippen molar-refractivity contribution in [2.75, 3.05) is 64.5 Å². The van der Waals surface area contributed by atoms with Gasteiger partial charge in [-0.2, -0.15) is 0 Å². The van der Waals surface area contributed by atoms with E-state index in [1.807, 2.05) is 13.6 Å². The van der Waals surface area contributed by atoms with E-state index in [-0.39, 0.29) is 30.0 Å². The number of hydrogen-bond acceptors (Lipinski definition) is 7. The Morgan fingerprint density at radius 2 is 1.36 bits per heavy atom. The highest BCUT2D eigenvalue weighted by atomic mass is 31.2. The van der Waals surface area contributed by atoms with E-state index in [1.54, 1.807) is 14.0 Å². The Balaban J connectivity index is 1.65. The molecule has 2 aliphatic carbocycles. The van der Waals surface area contributed by atoms with Crippen molar-refractivity contribution < 1.29 is 38.2 Å². The maximum atomic E-state index is 14.9. The lowest BCUT2D eigenvalue weighted by atomic mass is 9.96. The Morgan fingerprint density at radius 1 is 0.818 bits per heavy atom. The fourth-order valence-corrected chi connectivity index (χ4v) is 27.4. The summed E-state index contributed by atoms with van der Waals surface area (Å²) in [6.45, 7) is 11.2. The molecule has 3 aliphatic rings. The zero-order chi connectivity index (χ0) is 33.6. The molecule has 0 amide bonds. The van der Waals surface area contributed by atoms with E-state index in [2.05, 4.69) is 39.5 Å². The average Bonchev–Trinajstić information content (AvgIpc) is 3.34. The highest BCUT2D eigenvalue weighted by molar-refractivity contribution is 7.95. The SMILES string of the molecule is C=P(C)(CC1CC(C)C(OC)C1OP(=C)(C)OCC1CC(C)C(O)C1O)CP(=C)(C)CP(=C)(C)CC1OC(C)C(C)(F)C1O. The Labute approximate surface area is 268 Å². The molecule has 16 unspecified atom stereocenters. The van der Waals surface area contributed by atoms with E-state index in [1.165, 1.54) is 6.92 Å². The van der Waals surface area contributed by atoms with Crippen molar-refractivity contribution >= 4 is 53.2 Å². The van der Waals surface area contributed by atoms with Crippen LogP contribution in [0.15, 0.2) is 0 Å². The first-order chi connectivity index (χ1) is 19.9. The third-order valence-corrected chi connectivity index (χ3v) is 25.0. The molecular formula is C32H63FO7P4. The monoisotopic (exact) mass is 702 g/mol. The van der Waals surface area contributed by atoms with Gasteiger partial charge in [0.05, 0.1) is 43.2 Å². The molecule has 3 rings (SSSR count). The second-order valence-electron chi connectivity index (χ2n) is 15.9. The summed E-state index contributed by atoms with van der Waals surface area (Å²) >= 11 is 0. The highest BCUT2D eigenvalue weighted by Gasteiger charge is 2.52. The molecule has 0 spiro atoms. The van der Waals surface area contributed by atoms with Gasteiger partial charge < -0.3 is 33.8 Å². The summed E-state index contributed by atoms with van der Waals surface area (Å²) in [5, 5.41) is 31.2. The fraction of sp³-hybridized carbons (Fsp3) is 0.875. The molecular weight excluding hydrogens is 639 g/mol. The molecule has 0 bridgehead atoms. The van der Waals surface area contributed by atoms with Gasteiger partial charge in [0.2, 0.25) is 0 Å². The third kappa shape index (κ3) is 9.72. The number of aliphatic hydroxyl groups excluding tert-OH is 3. The summed E-state index contributed by atoms with van der Waals surface area (Å²) < 4.78 is 39.7. The van der Waals surface area contributed by atoms with Crippen LogP contribution in [0.1, 0.15) is 40.5 Å². The van der Waals surface area contributed by atoms with Crippen LogP contribution in [0.5, 0.6) is 0 Å². The lowest BCUT2D eigenvalue weighted by molar-refractivity contribution is -0.0152. The second-order valence-corrected chi connectivity index (χ2v) is 31.1. The predicted molar refractivity (Wildman–Crippen MR) is 197 cm³/mol. The minimum absolute atomic E-state index is 0.0351. The van der Waals surface area contributed by atoms with Crippen LogP contribution in [0.25, 0.3) is 0 Å². The quantitative estimate of drug-likeness (QED) is 0.210. The molecule has 12 heteroatoms. The zero-order valence-corrected chi connectivity index (χ0v) is 32.3. The van der Waals surface area contributed by atoms with Crippen molar-refractivity contribution in [3.63, 3.8) is 0 Å². The van der Waals surface area contributed by atoms with Crippen molar-refractivity contribution in [3.05, 3.63) is 0 Å². The van der Waals surface area contributed by atoms with Crippen molar-refractivity contribution in [1.82, 2.24) is 0 Å². The summed E-state index contributed by atoms with van der Waals surface area (Å²) in [4.78, 5) is 0. The summed E-state index contributed by atoms with van der Waals surface area (Å²) in [6.07, 6.45) is 17.6. The highest BCUT2D eigenvalue weighted by Crippen LogP contribution is 2.66. The van der Waals surface area contributed by atoms with Crippen LogP contribution >= 0.6 is 28.0 Å². The lowest BCUT2D eigenvalue weighted by Crippen LogP contribution is -2.40. The van der Waals surface area contributed by atoms with Gasteiger partial charge in [0.15, 0.2) is 5.67 Å². The molecule has 2 saturated carbocycles. The normalized spacial score (nSPS) is 45.0. The molecule has 1 heterocycles. The fourth-order valence-electron chi connectivity index (χ4n) is 8.13. The van der Waals surface area contributed by atoms with Crippen LogP contribution in [0.3, 0.4) is 0 Å². The van der Waals surface area contributed by atoms with Crippen LogP contribution in [0, 0.1) is 23.7 Å². The number of methoxy groups -OCH3 is 1. The number of ether oxygens (including phenoxy) is 2. The standard InChI is InChI=1S/C32H63FO7P4/c1-21-14-24(28(35)27(21)34)16-38-44(12,13)40-30-25(15-22(2)29(30)37-5)17-41(6,7)19-43(10,11)20-42(8,9)18-26-31(36)32(4,33)23(3)39-26/h21-31,34-36H,6,8,10,12,14-20H2,1-5,7,9,11,13H3. The average molecular weight is 703 g/mol. The van der Waals surface area contributed by atoms with Gasteiger partial charge in [-0.25, -0.2) is 4.39 Å². The first-order valence-corrected chi connectivity index (χ1v) is 26.6. The molecule has 0 aromatic heterocycles. The van der Waals surface area contributed by atoms with E-state index in [9.17, 15) is 19.7 Å². The summed E-state index contributed by atoms with van der Waals surface area (Å²) in [7, 11) is -0.751. The van der Waals surface area contributed by atoms with Crippen LogP contribution in [-0.4, -0.2) is 153 Å². The van der Waals surface area contributed by atoms with Gasteiger partial charge in [-0.05, 0) is 88.6 Å². The van der Waals surface area contributed by atoms with Gasteiger partial charge in [-0.15, -0.1) is 39.6 Å². The van der Waals surface area contributed by atoms with Gasteiger partial charge in [-0.1, -0.05) is 20.1 Å². The Kier molecular flexibility index (Phi) is 12.8. The van der Waals surface area contributed by atoms with E-state index in [0.29, 0.717) is 25.1 Å². The largest absolute Gasteiger partial charge is 0.390 e. The van der Waals surface area contributed by atoms with Gasteiger partial charge in [0.25, 0.3) is 0 Å². The molecule has 3 N–H and O–H groups in total. The van der Waals surface area contributed by atoms with E-state index >= 15 is 0 Å². The Hall–Kier alpha value is 0.850. The molecule has 3 fully saturated rings. The summed E-state index contributed by atoms with van der Waals surface area (Å²) in [6, 6.07) is 0. The number of aliphatic hydroxyl groups is 3. The molecule has 0 aromatic rings. The first-order valence-electron chi connectivity index (χ1n) is 15.9. The van der Waals surface area contributed by atoms with Crippen LogP contribution < -0.4 is 0 Å². The molecule has 260 valence electrons. The Morgan fingerprint density at radius 3 is 1.84 bits per heavy atom. The van der Waals surface area contributed by atoms with Crippen LogP contribution in [-0.2, 0) is 18.5 Å². The Bertz CT molecular complexity index is 1190. The number of halogens is 1. The molecule has 16 atom stereocenters. The van der Waals surface area contributed by atoms with Gasteiger partial charge in [0, 0.05) is 19.7 Å². The van der Waals surface area contributed by atoms with Crippen LogP contribution in [0.4, 0.5) is 4.39 Å². The van der Waals surface area contributed by atoms with E-state index in [0.717, 1.165) is 24.4 Å². The smallest absolute Gasteiger partial charge is 0.162 e. The third-order valence-electron chi connectivity index (χ3n) is 10.1. The maximum Gasteiger partial charge on any atom is 0.162 e. The second kappa shape index (κ2) is 14.4. The molecule has 1 aliphatic heterocycles. The van der Waals surface area contributed by atoms with E-state index in [4.69, 9.17) is 31.1 Å². The molecule has 1 saturated heterocycles. The minimum atomic E-state index is -2.49. The lowest BCUT2D eigenvalue weighted by Gasteiger charge is -2.37. The number of rotatable bonds is 14. The van der Waals surface area contributed by atoms with Crippen LogP contribution in [0.2, 0.25) is 0 Å². The zero-order valence-electron chi connectivity index (χ0n) is 28.8. The number of hydrogen-bond donors (Lipinski definition) is 3.